The maximum absolute atomic E-state index is 13.1. The summed E-state index contributed by atoms with van der Waals surface area (Å²) in [6.45, 7) is 0.258. The molecule has 3 aromatic rings. The second-order valence-corrected chi connectivity index (χ2v) is 12.7. The van der Waals surface area contributed by atoms with Crippen LogP contribution in [0, 0.1) is 0 Å². The molecule has 3 aliphatic rings. The Labute approximate surface area is 228 Å². The van der Waals surface area contributed by atoms with Crippen LogP contribution in [0.3, 0.4) is 0 Å². The number of hydrogen-bond acceptors (Lipinski definition) is 6. The predicted octanol–water partition coefficient (Wildman–Crippen LogP) is 5.16. The molecule has 39 heavy (non-hydrogen) atoms. The second-order valence-electron chi connectivity index (χ2n) is 10.7. The van der Waals surface area contributed by atoms with Gasteiger partial charge in [-0.3, -0.25) is 4.79 Å². The first-order chi connectivity index (χ1) is 18.8. The number of nitrogens with zero attached hydrogens (tertiary/aromatic N) is 1. The summed E-state index contributed by atoms with van der Waals surface area (Å²) >= 11 is 0. The summed E-state index contributed by atoms with van der Waals surface area (Å²) < 4.78 is 39.9. The summed E-state index contributed by atoms with van der Waals surface area (Å²) in [6.07, 6.45) is 8.65. The van der Waals surface area contributed by atoms with Crippen molar-refractivity contribution >= 4 is 38.9 Å². The lowest BCUT2D eigenvalue weighted by Crippen LogP contribution is -2.33. The third kappa shape index (κ3) is 4.62. The summed E-state index contributed by atoms with van der Waals surface area (Å²) in [4.78, 5) is 25.9. The van der Waals surface area contributed by atoms with E-state index in [1.54, 1.807) is 19.2 Å². The number of methoxy groups -OCH3 is 2. The van der Waals surface area contributed by atoms with Crippen molar-refractivity contribution in [2.75, 3.05) is 14.2 Å². The van der Waals surface area contributed by atoms with Crippen molar-refractivity contribution in [2.45, 2.75) is 62.7 Å². The molecular weight excluding hydrogens is 516 g/mol. The first kappa shape index (κ1) is 25.7. The van der Waals surface area contributed by atoms with E-state index in [9.17, 15) is 18.0 Å². The minimum absolute atomic E-state index is 0.258. The summed E-state index contributed by atoms with van der Waals surface area (Å²) in [6, 6.07) is 11.3. The number of benzene rings is 2. The number of rotatable bonds is 6. The Morgan fingerprint density at radius 3 is 2.44 bits per heavy atom. The van der Waals surface area contributed by atoms with Gasteiger partial charge in [0.05, 0.1) is 37.3 Å². The number of carbonyl (C=O) groups is 2. The van der Waals surface area contributed by atoms with E-state index in [0.717, 1.165) is 53.4 Å². The van der Waals surface area contributed by atoms with Gasteiger partial charge in [-0.2, -0.15) is 0 Å². The molecule has 0 unspecified atom stereocenters. The van der Waals surface area contributed by atoms with Crippen LogP contribution in [0.25, 0.3) is 28.2 Å². The van der Waals surface area contributed by atoms with Gasteiger partial charge in [0.15, 0.2) is 0 Å². The van der Waals surface area contributed by atoms with E-state index in [1.807, 2.05) is 30.3 Å². The lowest BCUT2D eigenvalue weighted by atomic mass is 9.81. The van der Waals surface area contributed by atoms with Gasteiger partial charge < -0.3 is 14.0 Å². The van der Waals surface area contributed by atoms with Gasteiger partial charge in [0, 0.05) is 22.0 Å². The Bertz CT molecular complexity index is 1620. The Morgan fingerprint density at radius 1 is 0.974 bits per heavy atom. The van der Waals surface area contributed by atoms with Gasteiger partial charge in [0.2, 0.25) is 10.0 Å². The van der Waals surface area contributed by atoms with Crippen molar-refractivity contribution in [3.63, 3.8) is 0 Å². The lowest BCUT2D eigenvalue weighted by molar-refractivity contribution is -0.136. The molecule has 1 aromatic heterocycles. The standard InChI is InChI=1S/C30H32N2O6S/c1-37-22-9-13-24-20(15-22)14-21(30(34)38-2)17-32-26-16-19(29(33)31-39(35,36)23-10-11-23)8-12-25(26)27(28(24)32)18-6-4-3-5-7-18/h8-9,12-16,18,23H,3-7,10-11,17H2,1-2H3,(H,31,33). The highest BCUT2D eigenvalue weighted by molar-refractivity contribution is 7.91. The number of fused-ring (bicyclic) bond motifs is 5. The van der Waals surface area contributed by atoms with Crippen LogP contribution in [0.5, 0.6) is 5.75 Å². The first-order valence-corrected chi connectivity index (χ1v) is 15.0. The molecule has 0 atom stereocenters. The van der Waals surface area contributed by atoms with Gasteiger partial charge in [-0.05, 0) is 79.1 Å². The lowest BCUT2D eigenvalue weighted by Gasteiger charge is -2.24. The number of amides is 1. The normalized spacial score (nSPS) is 17.5. The molecule has 1 amide bonds. The van der Waals surface area contributed by atoms with Crippen LogP contribution in [-0.4, -0.2) is 44.3 Å². The molecule has 0 spiro atoms. The molecule has 0 radical (unpaired) electrons. The number of carbonyl (C=O) groups excluding carboxylic acids is 2. The Hall–Kier alpha value is -3.59. The van der Waals surface area contributed by atoms with E-state index < -0.39 is 27.1 Å². The molecule has 9 heteroatoms. The minimum Gasteiger partial charge on any atom is -0.497 e. The van der Waals surface area contributed by atoms with E-state index in [2.05, 4.69) is 9.29 Å². The van der Waals surface area contributed by atoms with E-state index in [1.165, 1.54) is 19.1 Å². The van der Waals surface area contributed by atoms with Gasteiger partial charge in [-0.15, -0.1) is 0 Å². The third-order valence-corrected chi connectivity index (χ3v) is 10.0. The Kier molecular flexibility index (Phi) is 6.49. The van der Waals surface area contributed by atoms with Gasteiger partial charge >= 0.3 is 5.97 Å². The van der Waals surface area contributed by atoms with Gasteiger partial charge in [-0.1, -0.05) is 25.3 Å². The van der Waals surface area contributed by atoms with Crippen LogP contribution in [0.2, 0.25) is 0 Å². The van der Waals surface area contributed by atoms with Crippen LogP contribution in [0.1, 0.15) is 72.3 Å². The fourth-order valence-electron chi connectivity index (χ4n) is 6.09. The third-order valence-electron chi connectivity index (χ3n) is 8.20. The molecule has 0 saturated heterocycles. The molecule has 2 heterocycles. The van der Waals surface area contributed by atoms with E-state index in [-0.39, 0.29) is 12.1 Å². The van der Waals surface area contributed by atoms with Crippen molar-refractivity contribution in [1.29, 1.82) is 0 Å². The van der Waals surface area contributed by atoms with Gasteiger partial charge in [0.1, 0.15) is 5.75 Å². The van der Waals surface area contributed by atoms with Crippen LogP contribution in [-0.2, 0) is 26.1 Å². The number of aromatic nitrogens is 1. The summed E-state index contributed by atoms with van der Waals surface area (Å²) in [5.41, 5.74) is 5.62. The fourth-order valence-corrected chi connectivity index (χ4v) is 7.39. The molecule has 6 rings (SSSR count). The van der Waals surface area contributed by atoms with Crippen LogP contribution < -0.4 is 9.46 Å². The van der Waals surface area contributed by atoms with Gasteiger partial charge in [-0.25, -0.2) is 17.9 Å². The van der Waals surface area contributed by atoms with E-state index >= 15 is 0 Å². The smallest absolute Gasteiger partial charge is 0.335 e. The van der Waals surface area contributed by atoms with Crippen LogP contribution in [0.4, 0.5) is 0 Å². The number of esters is 1. The van der Waals surface area contributed by atoms with Crippen LogP contribution >= 0.6 is 0 Å². The van der Waals surface area contributed by atoms with Crippen molar-refractivity contribution in [3.05, 3.63) is 58.7 Å². The SMILES string of the molecule is COC(=O)C1=Cc2cc(OC)ccc2-c2c(C3CCCCC3)c3ccc(C(=O)NS(=O)(=O)C4CC4)cc3n2C1. The number of hydrogen-bond donors (Lipinski definition) is 1. The predicted molar refractivity (Wildman–Crippen MR) is 149 cm³/mol. The average Bonchev–Trinajstić information content (AvgIpc) is 3.78. The monoisotopic (exact) mass is 548 g/mol. The zero-order valence-electron chi connectivity index (χ0n) is 22.2. The number of sulfonamides is 1. The quantitative estimate of drug-likeness (QED) is 0.427. The first-order valence-electron chi connectivity index (χ1n) is 13.5. The van der Waals surface area contributed by atoms with Crippen LogP contribution in [0.15, 0.2) is 42.0 Å². The topological polar surface area (TPSA) is 104 Å². The van der Waals surface area contributed by atoms with Crippen molar-refractivity contribution < 1.29 is 27.5 Å². The molecule has 2 aliphatic carbocycles. The Balaban J connectivity index is 1.57. The molecule has 2 aromatic carbocycles. The maximum atomic E-state index is 13.1. The molecule has 2 saturated carbocycles. The summed E-state index contributed by atoms with van der Waals surface area (Å²) in [5.74, 6) is -0.0426. The van der Waals surface area contributed by atoms with Gasteiger partial charge in [0.25, 0.3) is 5.91 Å². The van der Waals surface area contributed by atoms with Crippen molar-refractivity contribution in [1.82, 2.24) is 9.29 Å². The van der Waals surface area contributed by atoms with Crippen molar-refractivity contribution in [2.24, 2.45) is 0 Å². The molecule has 204 valence electrons. The highest BCUT2D eigenvalue weighted by Crippen LogP contribution is 2.47. The minimum atomic E-state index is -3.68. The highest BCUT2D eigenvalue weighted by atomic mass is 32.2. The van der Waals surface area contributed by atoms with E-state index in [4.69, 9.17) is 9.47 Å². The number of nitrogens with one attached hydrogen (secondary N) is 1. The zero-order valence-corrected chi connectivity index (χ0v) is 23.0. The molecule has 1 N–H and O–H groups in total. The average molecular weight is 549 g/mol. The molecular formula is C30H32N2O6S. The largest absolute Gasteiger partial charge is 0.497 e. The fraction of sp³-hybridized carbons (Fsp3) is 0.400. The molecule has 8 nitrogen and oxygen atoms in total. The molecule has 1 aliphatic heterocycles. The molecule has 0 bridgehead atoms. The second kappa shape index (κ2) is 9.86. The number of ether oxygens (including phenoxy) is 2. The highest BCUT2D eigenvalue weighted by Gasteiger charge is 2.37. The molecule has 2 fully saturated rings. The zero-order chi connectivity index (χ0) is 27.3. The maximum Gasteiger partial charge on any atom is 0.335 e. The van der Waals surface area contributed by atoms with Crippen molar-refractivity contribution in [3.8, 4) is 17.0 Å². The summed E-state index contributed by atoms with van der Waals surface area (Å²) in [5, 5.41) is 0.528. The van der Waals surface area contributed by atoms with E-state index in [0.29, 0.717) is 30.1 Å². The summed E-state index contributed by atoms with van der Waals surface area (Å²) in [7, 11) is -0.700. The Morgan fingerprint density at radius 2 is 1.74 bits per heavy atom.